The molecule has 1 atom stereocenters. The third-order valence-electron chi connectivity index (χ3n) is 3.01. The van der Waals surface area contributed by atoms with E-state index in [2.05, 4.69) is 5.32 Å². The second-order valence-electron chi connectivity index (χ2n) is 4.54. The molecule has 4 nitrogen and oxygen atoms in total. The first-order chi connectivity index (χ1) is 8.42. The monoisotopic (exact) mass is 285 g/mol. The smallest absolute Gasteiger partial charge is 0.338 e. The predicted molar refractivity (Wildman–Crippen MR) is 74.7 cm³/mol. The van der Waals surface area contributed by atoms with E-state index in [9.17, 15) is 9.59 Å². The van der Waals surface area contributed by atoms with Gasteiger partial charge in [0.15, 0.2) is 0 Å². The molecule has 0 aliphatic carbocycles. The fourth-order valence-corrected chi connectivity index (χ4v) is 4.07. The highest BCUT2D eigenvalue weighted by atomic mass is 32.2. The molecule has 0 radical (unpaired) electrons. The fourth-order valence-electron chi connectivity index (χ4n) is 1.96. The average Bonchev–Trinajstić information content (AvgIpc) is 2.86. The molecule has 1 unspecified atom stereocenters. The Morgan fingerprint density at radius 1 is 1.50 bits per heavy atom. The molecule has 2 rings (SSSR count). The van der Waals surface area contributed by atoms with Gasteiger partial charge in [0.25, 0.3) is 0 Å². The lowest BCUT2D eigenvalue weighted by Crippen LogP contribution is -2.34. The van der Waals surface area contributed by atoms with Gasteiger partial charge in [0, 0.05) is 4.88 Å². The number of hydrogen-bond acceptors (Lipinski definition) is 4. The maximum Gasteiger partial charge on any atom is 0.338 e. The Bertz CT molecular complexity index is 490. The summed E-state index contributed by atoms with van der Waals surface area (Å²) in [6, 6.07) is 1.59. The number of amides is 1. The summed E-state index contributed by atoms with van der Waals surface area (Å²) in [5, 5.41) is 12.3. The van der Waals surface area contributed by atoms with Crippen molar-refractivity contribution in [3.05, 3.63) is 16.5 Å². The fraction of sp³-hybridized carbons (Fsp3) is 0.500. The van der Waals surface area contributed by atoms with Crippen molar-refractivity contribution in [2.75, 3.05) is 11.1 Å². The molecule has 0 spiro atoms. The molecular formula is C12H15NO3S2. The van der Waals surface area contributed by atoms with Crippen molar-refractivity contribution in [1.82, 2.24) is 0 Å². The first kappa shape index (κ1) is 13.4. The summed E-state index contributed by atoms with van der Waals surface area (Å²) in [6.07, 6.45) is 1.88. The van der Waals surface area contributed by atoms with Crippen molar-refractivity contribution in [2.45, 2.75) is 31.4 Å². The third-order valence-corrected chi connectivity index (χ3v) is 5.50. The summed E-state index contributed by atoms with van der Waals surface area (Å²) in [5.41, 5.74) is 0.178. The minimum Gasteiger partial charge on any atom is -0.478 e. The number of aryl methyl sites for hydroxylation is 1. The number of carboxylic acids is 1. The van der Waals surface area contributed by atoms with Crippen LogP contribution in [0.1, 0.15) is 35.0 Å². The van der Waals surface area contributed by atoms with E-state index in [0.29, 0.717) is 5.00 Å². The molecule has 6 heteroatoms. The van der Waals surface area contributed by atoms with Crippen LogP contribution in [0.3, 0.4) is 0 Å². The van der Waals surface area contributed by atoms with Gasteiger partial charge in [0.2, 0.25) is 5.91 Å². The Hall–Kier alpha value is -1.01. The van der Waals surface area contributed by atoms with Crippen molar-refractivity contribution in [1.29, 1.82) is 0 Å². The number of carbonyl (C=O) groups is 2. The van der Waals surface area contributed by atoms with Crippen LogP contribution < -0.4 is 5.32 Å². The number of carbonyl (C=O) groups excluding carboxylic acids is 1. The van der Waals surface area contributed by atoms with Crippen LogP contribution in [0.5, 0.6) is 0 Å². The molecule has 1 fully saturated rings. The second kappa shape index (κ2) is 4.93. The molecule has 1 aliphatic heterocycles. The number of thioether (sulfide) groups is 1. The van der Waals surface area contributed by atoms with Gasteiger partial charge in [-0.3, -0.25) is 4.79 Å². The van der Waals surface area contributed by atoms with E-state index >= 15 is 0 Å². The number of nitrogens with one attached hydrogen (secondary N) is 1. The van der Waals surface area contributed by atoms with Crippen LogP contribution in [0.25, 0.3) is 0 Å². The molecule has 18 heavy (non-hydrogen) atoms. The number of rotatable bonds is 3. The van der Waals surface area contributed by atoms with Crippen LogP contribution >= 0.6 is 23.1 Å². The van der Waals surface area contributed by atoms with E-state index in [4.69, 9.17) is 5.11 Å². The number of thiophene rings is 1. The largest absolute Gasteiger partial charge is 0.478 e. The molecule has 1 aliphatic rings. The molecular weight excluding hydrogens is 270 g/mol. The molecule has 1 amide bonds. The van der Waals surface area contributed by atoms with Crippen molar-refractivity contribution in [3.8, 4) is 0 Å². The zero-order valence-corrected chi connectivity index (χ0v) is 11.9. The van der Waals surface area contributed by atoms with Crippen LogP contribution in [0, 0.1) is 6.92 Å². The molecule has 1 aromatic rings. The highest BCUT2D eigenvalue weighted by Gasteiger charge is 2.37. The van der Waals surface area contributed by atoms with Crippen molar-refractivity contribution in [3.63, 3.8) is 0 Å². The highest BCUT2D eigenvalue weighted by molar-refractivity contribution is 8.01. The minimum absolute atomic E-state index is 0.0886. The third kappa shape index (κ3) is 2.54. The molecule has 1 saturated heterocycles. The predicted octanol–water partition coefficient (Wildman–Crippen LogP) is 2.98. The van der Waals surface area contributed by atoms with Crippen LogP contribution in [-0.2, 0) is 4.79 Å². The minimum atomic E-state index is -1.00. The van der Waals surface area contributed by atoms with E-state index < -0.39 is 10.7 Å². The molecule has 0 saturated carbocycles. The lowest BCUT2D eigenvalue weighted by Gasteiger charge is -2.21. The van der Waals surface area contributed by atoms with Crippen molar-refractivity contribution in [2.24, 2.45) is 0 Å². The van der Waals surface area contributed by atoms with E-state index in [0.717, 1.165) is 23.5 Å². The van der Waals surface area contributed by atoms with Gasteiger partial charge in [0.05, 0.1) is 10.3 Å². The molecule has 1 aromatic heterocycles. The second-order valence-corrected chi connectivity index (χ2v) is 7.40. The first-order valence-electron chi connectivity index (χ1n) is 5.71. The lowest BCUT2D eigenvalue weighted by atomic mass is 10.1. The Kier molecular flexibility index (Phi) is 3.68. The summed E-state index contributed by atoms with van der Waals surface area (Å²) in [7, 11) is 0. The number of carboxylic acid groups (broad SMARTS) is 1. The number of hydrogen-bond donors (Lipinski definition) is 2. The van der Waals surface area contributed by atoms with Crippen LogP contribution in [0.2, 0.25) is 0 Å². The van der Waals surface area contributed by atoms with Crippen LogP contribution in [-0.4, -0.2) is 27.5 Å². The van der Waals surface area contributed by atoms with Gasteiger partial charge < -0.3 is 10.4 Å². The Balaban J connectivity index is 2.19. The highest BCUT2D eigenvalue weighted by Crippen LogP contribution is 2.39. The standard InChI is InChI=1S/C12H15NO3S2/c1-7-6-8(10(14)15)9(18-7)13-11(16)12(2)4-3-5-17-12/h6H,3-5H2,1-2H3,(H,13,16)(H,14,15). The number of aromatic carboxylic acids is 1. The van der Waals surface area contributed by atoms with Gasteiger partial charge in [0.1, 0.15) is 5.00 Å². The maximum absolute atomic E-state index is 12.2. The Morgan fingerprint density at radius 2 is 2.22 bits per heavy atom. The number of anilines is 1. The van der Waals surface area contributed by atoms with Crippen molar-refractivity contribution >= 4 is 40.0 Å². The topological polar surface area (TPSA) is 66.4 Å². The van der Waals surface area contributed by atoms with E-state index in [1.165, 1.54) is 11.3 Å². The van der Waals surface area contributed by atoms with Gasteiger partial charge >= 0.3 is 5.97 Å². The Morgan fingerprint density at radius 3 is 2.78 bits per heavy atom. The first-order valence-corrected chi connectivity index (χ1v) is 7.52. The van der Waals surface area contributed by atoms with E-state index in [-0.39, 0.29) is 11.5 Å². The molecule has 2 N–H and O–H groups in total. The van der Waals surface area contributed by atoms with Crippen LogP contribution in [0.15, 0.2) is 6.07 Å². The van der Waals surface area contributed by atoms with Gasteiger partial charge in [-0.2, -0.15) is 0 Å². The Labute approximate surface area is 114 Å². The summed E-state index contributed by atoms with van der Waals surface area (Å²) in [5.74, 6) is -0.104. The van der Waals surface area contributed by atoms with Gasteiger partial charge in [-0.15, -0.1) is 23.1 Å². The quantitative estimate of drug-likeness (QED) is 0.896. The summed E-state index contributed by atoms with van der Waals surface area (Å²) in [6.45, 7) is 3.75. The summed E-state index contributed by atoms with van der Waals surface area (Å²) >= 11 is 2.94. The van der Waals surface area contributed by atoms with Crippen molar-refractivity contribution < 1.29 is 14.7 Å². The van der Waals surface area contributed by atoms with Gasteiger partial charge in [-0.05, 0) is 38.5 Å². The summed E-state index contributed by atoms with van der Waals surface area (Å²) < 4.78 is -0.423. The lowest BCUT2D eigenvalue weighted by molar-refractivity contribution is -0.118. The molecule has 2 heterocycles. The summed E-state index contributed by atoms with van der Waals surface area (Å²) in [4.78, 5) is 24.2. The van der Waals surface area contributed by atoms with Gasteiger partial charge in [-0.1, -0.05) is 0 Å². The van der Waals surface area contributed by atoms with E-state index in [1.54, 1.807) is 17.8 Å². The zero-order valence-electron chi connectivity index (χ0n) is 10.3. The molecule has 98 valence electrons. The average molecular weight is 285 g/mol. The SMILES string of the molecule is Cc1cc(C(=O)O)c(NC(=O)C2(C)CCCS2)s1. The molecule has 0 bridgehead atoms. The zero-order chi connectivity index (χ0) is 13.3. The maximum atomic E-state index is 12.2. The normalized spacial score (nSPS) is 23.0. The van der Waals surface area contributed by atoms with Crippen LogP contribution in [0.4, 0.5) is 5.00 Å². The van der Waals surface area contributed by atoms with Gasteiger partial charge in [-0.25, -0.2) is 4.79 Å². The molecule has 0 aromatic carbocycles. The van der Waals surface area contributed by atoms with E-state index in [1.807, 2.05) is 13.8 Å².